The zero-order valence-corrected chi connectivity index (χ0v) is 19.8. The van der Waals surface area contributed by atoms with Gasteiger partial charge in [-0.2, -0.15) is 13.2 Å². The van der Waals surface area contributed by atoms with Gasteiger partial charge in [-0.15, -0.1) is 0 Å². The van der Waals surface area contributed by atoms with Crippen molar-refractivity contribution < 1.29 is 31.8 Å². The van der Waals surface area contributed by atoms with Crippen molar-refractivity contribution in [3.63, 3.8) is 0 Å². The highest BCUT2D eigenvalue weighted by molar-refractivity contribution is 6.03. The maximum Gasteiger partial charge on any atom is 0.416 e. The van der Waals surface area contributed by atoms with Crippen molar-refractivity contribution >= 4 is 5.78 Å². The van der Waals surface area contributed by atoms with Crippen LogP contribution in [0.3, 0.4) is 0 Å². The van der Waals surface area contributed by atoms with Crippen LogP contribution in [0.5, 0.6) is 11.5 Å². The van der Waals surface area contributed by atoms with E-state index in [4.69, 9.17) is 9.47 Å². The van der Waals surface area contributed by atoms with Crippen molar-refractivity contribution in [2.45, 2.75) is 69.0 Å². The number of piperidine rings is 1. The number of fused-ring (bicyclic) bond motifs is 3. The molecule has 35 heavy (non-hydrogen) atoms. The van der Waals surface area contributed by atoms with Gasteiger partial charge in [0.25, 0.3) is 0 Å². The molecule has 2 aromatic carbocycles. The van der Waals surface area contributed by atoms with Crippen LogP contribution < -0.4 is 9.47 Å². The van der Waals surface area contributed by atoms with E-state index in [1.807, 2.05) is 0 Å². The highest BCUT2D eigenvalue weighted by Crippen LogP contribution is 2.48. The first-order valence-corrected chi connectivity index (χ1v) is 12.0. The van der Waals surface area contributed by atoms with Crippen LogP contribution in [0, 0.1) is 5.92 Å². The number of rotatable bonds is 6. The molecule has 1 aliphatic carbocycles. The molecule has 0 saturated carbocycles. The van der Waals surface area contributed by atoms with E-state index >= 15 is 4.39 Å². The van der Waals surface area contributed by atoms with Gasteiger partial charge in [-0.25, -0.2) is 4.39 Å². The molecule has 2 fully saturated rings. The van der Waals surface area contributed by atoms with E-state index in [2.05, 4.69) is 4.90 Å². The maximum atomic E-state index is 16.2. The van der Waals surface area contributed by atoms with Crippen LogP contribution in [-0.4, -0.2) is 42.7 Å². The summed E-state index contributed by atoms with van der Waals surface area (Å²) in [7, 11) is 3.05. The van der Waals surface area contributed by atoms with Crippen molar-refractivity contribution in [2.24, 2.45) is 5.92 Å². The van der Waals surface area contributed by atoms with Crippen LogP contribution in [0.4, 0.5) is 17.6 Å². The zero-order chi connectivity index (χ0) is 25.0. The lowest BCUT2D eigenvalue weighted by Crippen LogP contribution is -2.49. The lowest BCUT2D eigenvalue weighted by molar-refractivity contribution is -0.137. The summed E-state index contributed by atoms with van der Waals surface area (Å²) in [6, 6.07) is 8.80. The van der Waals surface area contributed by atoms with Gasteiger partial charge in [0.1, 0.15) is 5.67 Å². The zero-order valence-electron chi connectivity index (χ0n) is 19.8. The SMILES string of the molecule is COc1cc2c(cc1OC)C(=O)C(CC1(F)CC3CCC(C1)N3Cc1cccc(C(F)(F)F)c1)C2. The monoisotopic (exact) mass is 491 g/mol. The summed E-state index contributed by atoms with van der Waals surface area (Å²) >= 11 is 0. The number of ketones is 1. The molecular weight excluding hydrogens is 462 g/mol. The van der Waals surface area contributed by atoms with Crippen LogP contribution in [0.25, 0.3) is 0 Å². The predicted octanol–water partition coefficient (Wildman–Crippen LogP) is 6.00. The molecule has 8 heteroatoms. The highest BCUT2D eigenvalue weighted by atomic mass is 19.4. The number of carbonyl (C=O) groups excluding carboxylic acids is 1. The smallest absolute Gasteiger partial charge is 0.416 e. The van der Waals surface area contributed by atoms with Crippen LogP contribution in [0.1, 0.15) is 59.2 Å². The molecule has 5 rings (SSSR count). The minimum Gasteiger partial charge on any atom is -0.493 e. The molecule has 2 aliphatic heterocycles. The number of methoxy groups -OCH3 is 2. The molecule has 0 N–H and O–H groups in total. The third-order valence-corrected chi connectivity index (χ3v) is 7.92. The molecule has 2 heterocycles. The summed E-state index contributed by atoms with van der Waals surface area (Å²) in [4.78, 5) is 15.3. The van der Waals surface area contributed by atoms with Crippen LogP contribution in [0.15, 0.2) is 36.4 Å². The minimum atomic E-state index is -4.38. The Morgan fingerprint density at radius 3 is 2.31 bits per heavy atom. The molecule has 2 bridgehead atoms. The molecule has 0 radical (unpaired) electrons. The second-order valence-electron chi connectivity index (χ2n) is 10.1. The Labute approximate surface area is 202 Å². The quantitative estimate of drug-likeness (QED) is 0.465. The fourth-order valence-corrected chi connectivity index (χ4v) is 6.37. The number of alkyl halides is 4. The Morgan fingerprint density at radius 2 is 1.69 bits per heavy atom. The van der Waals surface area contributed by atoms with Gasteiger partial charge < -0.3 is 9.47 Å². The number of benzene rings is 2. The van der Waals surface area contributed by atoms with Crippen molar-refractivity contribution in [1.29, 1.82) is 0 Å². The molecule has 3 atom stereocenters. The van der Waals surface area contributed by atoms with E-state index < -0.39 is 23.3 Å². The van der Waals surface area contributed by atoms with Crippen molar-refractivity contribution in [1.82, 2.24) is 4.90 Å². The lowest BCUT2D eigenvalue weighted by Gasteiger charge is -2.43. The molecule has 3 aliphatic rings. The highest BCUT2D eigenvalue weighted by Gasteiger charge is 2.50. The fourth-order valence-electron chi connectivity index (χ4n) is 6.37. The molecule has 0 aromatic heterocycles. The summed E-state index contributed by atoms with van der Waals surface area (Å²) in [5.74, 6) is 0.546. The number of carbonyl (C=O) groups is 1. The Hall–Kier alpha value is -2.61. The van der Waals surface area contributed by atoms with Crippen molar-refractivity contribution in [2.75, 3.05) is 14.2 Å². The summed E-state index contributed by atoms with van der Waals surface area (Å²) in [6.07, 6.45) is -1.50. The molecule has 4 nitrogen and oxygen atoms in total. The summed E-state index contributed by atoms with van der Waals surface area (Å²) in [5.41, 5.74) is -0.112. The van der Waals surface area contributed by atoms with Gasteiger partial charge in [0.05, 0.1) is 19.8 Å². The molecular formula is C27H29F4NO3. The number of hydrogen-bond donors (Lipinski definition) is 0. The largest absolute Gasteiger partial charge is 0.493 e. The van der Waals surface area contributed by atoms with Crippen LogP contribution in [-0.2, 0) is 19.1 Å². The van der Waals surface area contributed by atoms with E-state index in [1.54, 1.807) is 18.2 Å². The predicted molar refractivity (Wildman–Crippen MR) is 123 cm³/mol. The van der Waals surface area contributed by atoms with E-state index in [0.717, 1.165) is 24.5 Å². The van der Waals surface area contributed by atoms with Gasteiger partial charge in [0.2, 0.25) is 0 Å². The molecule has 0 amide bonds. The van der Waals surface area contributed by atoms with Crippen LogP contribution in [0.2, 0.25) is 0 Å². The average Bonchev–Trinajstić information content (AvgIpc) is 3.24. The number of halogens is 4. The average molecular weight is 492 g/mol. The van der Waals surface area contributed by atoms with Crippen molar-refractivity contribution in [3.05, 3.63) is 58.7 Å². The van der Waals surface area contributed by atoms with Crippen molar-refractivity contribution in [3.8, 4) is 11.5 Å². The second-order valence-corrected chi connectivity index (χ2v) is 10.1. The summed E-state index contributed by atoms with van der Waals surface area (Å²) in [5, 5.41) is 0. The van der Waals surface area contributed by atoms with E-state index in [0.29, 0.717) is 48.4 Å². The maximum absolute atomic E-state index is 16.2. The normalized spacial score (nSPS) is 28.3. The number of Topliss-reactive ketones (excluding diaryl/α,β-unsaturated/α-hetero) is 1. The Morgan fingerprint density at radius 1 is 1.03 bits per heavy atom. The fraction of sp³-hybridized carbons (Fsp3) is 0.519. The van der Waals surface area contributed by atoms with Gasteiger partial charge in [0, 0.05) is 30.1 Å². The molecule has 2 saturated heterocycles. The topological polar surface area (TPSA) is 38.8 Å². The standard InChI is InChI=1S/C27H29F4NO3/c1-34-23-10-17-9-18(25(33)22(17)11-24(23)35-2)12-26(28)13-20-6-7-21(14-26)32(20)15-16-4-3-5-19(8-16)27(29,30)31/h3-5,8,10-11,18,20-21H,6-7,9,12-15H2,1-2H3. The van der Waals surface area contributed by atoms with E-state index in [9.17, 15) is 18.0 Å². The lowest BCUT2D eigenvalue weighted by atomic mass is 9.79. The van der Waals surface area contributed by atoms with Gasteiger partial charge in [-0.1, -0.05) is 18.2 Å². The first kappa shape index (κ1) is 24.1. The second kappa shape index (κ2) is 8.80. The number of ether oxygens (including phenoxy) is 2. The molecule has 2 aromatic rings. The van der Waals surface area contributed by atoms with Crippen LogP contribution >= 0.6 is 0 Å². The van der Waals surface area contributed by atoms with Gasteiger partial charge in [-0.05, 0) is 67.9 Å². The molecule has 0 spiro atoms. The van der Waals surface area contributed by atoms with Gasteiger partial charge >= 0.3 is 6.18 Å². The Bertz CT molecular complexity index is 1120. The van der Waals surface area contributed by atoms with E-state index in [-0.39, 0.29) is 24.3 Å². The number of nitrogens with zero attached hydrogens (tertiary/aromatic N) is 1. The first-order chi connectivity index (χ1) is 16.6. The summed E-state index contributed by atoms with van der Waals surface area (Å²) < 4.78 is 66.2. The van der Waals surface area contributed by atoms with E-state index in [1.165, 1.54) is 26.4 Å². The van der Waals surface area contributed by atoms with Gasteiger partial charge in [0.15, 0.2) is 17.3 Å². The Kier molecular flexibility index (Phi) is 6.06. The minimum absolute atomic E-state index is 0.0349. The summed E-state index contributed by atoms with van der Waals surface area (Å²) in [6.45, 7) is 0.378. The van der Waals surface area contributed by atoms with Gasteiger partial charge in [-0.3, -0.25) is 9.69 Å². The Balaban J connectivity index is 1.28. The third kappa shape index (κ3) is 4.53. The number of hydrogen-bond acceptors (Lipinski definition) is 4. The molecule has 188 valence electrons. The first-order valence-electron chi connectivity index (χ1n) is 12.0. The molecule has 3 unspecified atom stereocenters. The third-order valence-electron chi connectivity index (χ3n) is 7.92.